The molecule has 2 N–H and O–H groups in total. The summed E-state index contributed by atoms with van der Waals surface area (Å²) < 4.78 is 0. The molecule has 0 spiro atoms. The van der Waals surface area contributed by atoms with Crippen LogP contribution in [0.15, 0.2) is 30.3 Å². The number of piperidine rings is 1. The van der Waals surface area contributed by atoms with Gasteiger partial charge in [-0.25, -0.2) is 0 Å². The molecule has 2 atom stereocenters. The van der Waals surface area contributed by atoms with Gasteiger partial charge in [-0.1, -0.05) is 30.3 Å². The zero-order valence-electron chi connectivity index (χ0n) is 10.3. The van der Waals surface area contributed by atoms with E-state index in [0.717, 1.165) is 5.56 Å². The van der Waals surface area contributed by atoms with Gasteiger partial charge in [-0.05, 0) is 12.0 Å². The maximum Gasteiger partial charge on any atom is 0.303 e. The van der Waals surface area contributed by atoms with Crippen molar-refractivity contribution >= 4 is 17.8 Å². The maximum absolute atomic E-state index is 11.9. The monoisotopic (exact) mass is 261 g/mol. The third-order valence-electron chi connectivity index (χ3n) is 3.39. The Morgan fingerprint density at radius 2 is 1.95 bits per heavy atom. The van der Waals surface area contributed by atoms with Gasteiger partial charge in [-0.2, -0.15) is 0 Å². The van der Waals surface area contributed by atoms with Crippen molar-refractivity contribution in [2.75, 3.05) is 0 Å². The predicted molar refractivity (Wildman–Crippen MR) is 67.3 cm³/mol. The Balaban J connectivity index is 2.22. The molecule has 1 heterocycles. The van der Waals surface area contributed by atoms with E-state index >= 15 is 0 Å². The summed E-state index contributed by atoms with van der Waals surface area (Å²) in [5, 5.41) is 11.0. The zero-order valence-corrected chi connectivity index (χ0v) is 10.3. The number of hydrogen-bond donors (Lipinski definition) is 2. The van der Waals surface area contributed by atoms with Crippen molar-refractivity contribution in [2.45, 2.75) is 25.2 Å². The molecular formula is C14H15NO4. The van der Waals surface area contributed by atoms with Crippen molar-refractivity contribution in [2.24, 2.45) is 5.92 Å². The molecule has 2 amide bonds. The fourth-order valence-electron chi connectivity index (χ4n) is 2.47. The third-order valence-corrected chi connectivity index (χ3v) is 3.39. The summed E-state index contributed by atoms with van der Waals surface area (Å²) in [6.45, 7) is 0. The van der Waals surface area contributed by atoms with Gasteiger partial charge in [0.15, 0.2) is 0 Å². The highest BCUT2D eigenvalue weighted by atomic mass is 16.4. The lowest BCUT2D eigenvalue weighted by Gasteiger charge is -2.30. The van der Waals surface area contributed by atoms with Crippen LogP contribution in [0.4, 0.5) is 0 Å². The second-order valence-corrected chi connectivity index (χ2v) is 4.67. The van der Waals surface area contributed by atoms with Crippen LogP contribution < -0.4 is 5.32 Å². The third kappa shape index (κ3) is 3.19. The Morgan fingerprint density at radius 3 is 2.58 bits per heavy atom. The minimum absolute atomic E-state index is 0.0738. The van der Waals surface area contributed by atoms with Crippen LogP contribution >= 0.6 is 0 Å². The summed E-state index contributed by atoms with van der Waals surface area (Å²) in [4.78, 5) is 34.0. The number of aliphatic carboxylic acids is 1. The van der Waals surface area contributed by atoms with E-state index in [1.165, 1.54) is 0 Å². The van der Waals surface area contributed by atoms with Crippen LogP contribution in [0.1, 0.15) is 30.7 Å². The average molecular weight is 261 g/mol. The van der Waals surface area contributed by atoms with Crippen LogP contribution in [-0.2, 0) is 14.4 Å². The molecule has 1 saturated heterocycles. The van der Waals surface area contributed by atoms with Gasteiger partial charge in [0, 0.05) is 24.7 Å². The van der Waals surface area contributed by atoms with Gasteiger partial charge in [-0.3, -0.25) is 19.7 Å². The van der Waals surface area contributed by atoms with Crippen LogP contribution in [0, 0.1) is 5.92 Å². The van der Waals surface area contributed by atoms with Gasteiger partial charge < -0.3 is 5.11 Å². The summed E-state index contributed by atoms with van der Waals surface area (Å²) in [7, 11) is 0. The van der Waals surface area contributed by atoms with Gasteiger partial charge in [0.25, 0.3) is 0 Å². The fourth-order valence-corrected chi connectivity index (χ4v) is 2.47. The lowest BCUT2D eigenvalue weighted by molar-refractivity contribution is -0.139. The number of carboxylic acids is 1. The normalized spacial score (nSPS) is 22.9. The molecule has 0 radical (unpaired) electrons. The molecule has 0 bridgehead atoms. The van der Waals surface area contributed by atoms with E-state index < -0.39 is 11.9 Å². The minimum atomic E-state index is -0.934. The number of imide groups is 1. The van der Waals surface area contributed by atoms with E-state index in [0.29, 0.717) is 0 Å². The van der Waals surface area contributed by atoms with Gasteiger partial charge in [-0.15, -0.1) is 0 Å². The van der Waals surface area contributed by atoms with Crippen LogP contribution in [0.2, 0.25) is 0 Å². The Bertz CT molecular complexity index is 497. The van der Waals surface area contributed by atoms with Crippen molar-refractivity contribution in [3.8, 4) is 0 Å². The second-order valence-electron chi connectivity index (χ2n) is 4.67. The molecule has 0 aromatic heterocycles. The number of benzene rings is 1. The largest absolute Gasteiger partial charge is 0.481 e. The van der Waals surface area contributed by atoms with E-state index in [4.69, 9.17) is 5.11 Å². The van der Waals surface area contributed by atoms with Crippen molar-refractivity contribution in [3.05, 3.63) is 35.9 Å². The molecule has 0 unspecified atom stereocenters. The lowest BCUT2D eigenvalue weighted by atomic mass is 9.78. The van der Waals surface area contributed by atoms with Crippen molar-refractivity contribution in [3.63, 3.8) is 0 Å². The van der Waals surface area contributed by atoms with Crippen LogP contribution in [0.3, 0.4) is 0 Å². The zero-order chi connectivity index (χ0) is 13.8. The van der Waals surface area contributed by atoms with E-state index in [-0.39, 0.29) is 37.0 Å². The van der Waals surface area contributed by atoms with Crippen molar-refractivity contribution in [1.82, 2.24) is 5.32 Å². The molecular weight excluding hydrogens is 246 g/mol. The Morgan fingerprint density at radius 1 is 1.26 bits per heavy atom. The number of amides is 2. The summed E-state index contributed by atoms with van der Waals surface area (Å²) >= 11 is 0. The number of hydrogen-bond acceptors (Lipinski definition) is 3. The molecule has 1 aliphatic heterocycles. The number of carboxylic acid groups (broad SMARTS) is 1. The highest BCUT2D eigenvalue weighted by Crippen LogP contribution is 2.34. The first-order valence-electron chi connectivity index (χ1n) is 6.18. The van der Waals surface area contributed by atoms with Gasteiger partial charge >= 0.3 is 5.97 Å². The number of carbonyl (C=O) groups is 3. The molecule has 5 nitrogen and oxygen atoms in total. The SMILES string of the molecule is O=C(O)CC[C@H]1C(=O)NC(=O)C[C@H]1c1ccccc1. The van der Waals surface area contributed by atoms with E-state index in [9.17, 15) is 14.4 Å². The van der Waals surface area contributed by atoms with E-state index in [2.05, 4.69) is 5.32 Å². The summed E-state index contributed by atoms with van der Waals surface area (Å²) in [5.41, 5.74) is 0.904. The topological polar surface area (TPSA) is 83.5 Å². The molecule has 0 aliphatic carbocycles. The molecule has 0 saturated carbocycles. The maximum atomic E-state index is 11.9. The molecule has 1 fully saturated rings. The number of nitrogens with one attached hydrogen (secondary N) is 1. The van der Waals surface area contributed by atoms with Crippen molar-refractivity contribution in [1.29, 1.82) is 0 Å². The van der Waals surface area contributed by atoms with Crippen LogP contribution in [0.5, 0.6) is 0 Å². The van der Waals surface area contributed by atoms with Crippen molar-refractivity contribution < 1.29 is 19.5 Å². The summed E-state index contributed by atoms with van der Waals surface area (Å²) in [5.74, 6) is -2.30. The Hall–Kier alpha value is -2.17. The highest BCUT2D eigenvalue weighted by molar-refractivity contribution is 6.00. The molecule has 1 aromatic carbocycles. The molecule has 1 aliphatic rings. The van der Waals surface area contributed by atoms with Gasteiger partial charge in [0.05, 0.1) is 0 Å². The van der Waals surface area contributed by atoms with Crippen LogP contribution in [0.25, 0.3) is 0 Å². The second kappa shape index (κ2) is 5.65. The summed E-state index contributed by atoms with van der Waals surface area (Å²) in [6.07, 6.45) is 0.393. The van der Waals surface area contributed by atoms with Gasteiger partial charge in [0.2, 0.25) is 11.8 Å². The average Bonchev–Trinajstić information content (AvgIpc) is 2.37. The summed E-state index contributed by atoms with van der Waals surface area (Å²) in [6, 6.07) is 9.29. The minimum Gasteiger partial charge on any atom is -0.481 e. The smallest absolute Gasteiger partial charge is 0.303 e. The number of rotatable bonds is 4. The molecule has 19 heavy (non-hydrogen) atoms. The quantitative estimate of drug-likeness (QED) is 0.800. The predicted octanol–water partition coefficient (Wildman–Crippen LogP) is 1.30. The molecule has 5 heteroatoms. The van der Waals surface area contributed by atoms with Gasteiger partial charge in [0.1, 0.15) is 0 Å². The van der Waals surface area contributed by atoms with E-state index in [1.807, 2.05) is 30.3 Å². The standard InChI is InChI=1S/C14H15NO4/c16-12-8-11(9-4-2-1-3-5-9)10(14(19)15-12)6-7-13(17)18/h1-5,10-11H,6-8H2,(H,17,18)(H,15,16,19)/t10-,11+/m1/s1. The Kier molecular flexibility index (Phi) is 3.94. The van der Waals surface area contributed by atoms with E-state index in [1.54, 1.807) is 0 Å². The first kappa shape index (κ1) is 13.3. The molecule has 100 valence electrons. The Labute approximate surface area is 110 Å². The first-order chi connectivity index (χ1) is 9.08. The molecule has 2 rings (SSSR count). The lowest BCUT2D eigenvalue weighted by Crippen LogP contribution is -2.44. The number of carbonyl (C=O) groups excluding carboxylic acids is 2. The molecule has 1 aromatic rings. The highest BCUT2D eigenvalue weighted by Gasteiger charge is 2.36. The first-order valence-corrected chi connectivity index (χ1v) is 6.18. The fraction of sp³-hybridized carbons (Fsp3) is 0.357. The van der Waals surface area contributed by atoms with Crippen LogP contribution in [-0.4, -0.2) is 22.9 Å².